The van der Waals surface area contributed by atoms with Crippen LogP contribution in [-0.2, 0) is 16.0 Å². The zero-order valence-corrected chi connectivity index (χ0v) is 11.6. The van der Waals surface area contributed by atoms with Crippen LogP contribution in [0.3, 0.4) is 0 Å². The number of amides is 2. The van der Waals surface area contributed by atoms with E-state index in [0.29, 0.717) is 24.2 Å². The molecule has 1 aromatic heterocycles. The fourth-order valence-corrected chi connectivity index (χ4v) is 2.54. The Labute approximate surface area is 121 Å². The molecule has 21 heavy (non-hydrogen) atoms. The first-order valence-electron chi connectivity index (χ1n) is 7.14. The van der Waals surface area contributed by atoms with E-state index in [-0.39, 0.29) is 18.2 Å². The first-order valence-corrected chi connectivity index (χ1v) is 7.14. The number of fused-ring (bicyclic) bond motifs is 1. The molecule has 0 aliphatic carbocycles. The molecule has 3 rings (SSSR count). The third-order valence-electron chi connectivity index (χ3n) is 3.65. The van der Waals surface area contributed by atoms with Crippen LogP contribution in [0.4, 0.5) is 0 Å². The molecule has 0 unspecified atom stereocenters. The largest absolute Gasteiger partial charge is 0.356 e. The van der Waals surface area contributed by atoms with Gasteiger partial charge in [-0.25, -0.2) is 0 Å². The normalized spacial score (nSPS) is 19.0. The number of nitrogens with zero attached hydrogens (tertiary/aromatic N) is 1. The van der Waals surface area contributed by atoms with E-state index in [1.165, 1.54) is 0 Å². The van der Waals surface area contributed by atoms with Crippen molar-refractivity contribution >= 4 is 22.8 Å². The molecule has 6 heteroatoms. The Morgan fingerprint density at radius 1 is 1.38 bits per heavy atom. The highest BCUT2D eigenvalue weighted by molar-refractivity contribution is 5.90. The number of hydrogen-bond acceptors (Lipinski definition) is 4. The number of carbonyl (C=O) groups excluding carboxylic acids is 2. The average molecular weight is 287 g/mol. The summed E-state index contributed by atoms with van der Waals surface area (Å²) in [4.78, 5) is 23.9. The van der Waals surface area contributed by atoms with Gasteiger partial charge >= 0.3 is 0 Å². The van der Waals surface area contributed by atoms with Crippen molar-refractivity contribution in [1.82, 2.24) is 15.8 Å². The summed E-state index contributed by atoms with van der Waals surface area (Å²) in [6.45, 7) is 0.680. The van der Waals surface area contributed by atoms with Crippen LogP contribution in [-0.4, -0.2) is 29.6 Å². The van der Waals surface area contributed by atoms with Crippen LogP contribution in [0.25, 0.3) is 11.0 Å². The topological polar surface area (TPSA) is 84.2 Å². The molecule has 0 radical (unpaired) electrons. The maximum absolute atomic E-state index is 12.1. The maximum Gasteiger partial charge on any atom is 0.242 e. The minimum atomic E-state index is -0.446. The van der Waals surface area contributed by atoms with Crippen molar-refractivity contribution in [3.63, 3.8) is 0 Å². The maximum atomic E-state index is 12.1. The number of aromatic nitrogens is 1. The fraction of sp³-hybridized carbons (Fsp3) is 0.400. The van der Waals surface area contributed by atoms with Gasteiger partial charge in [0.15, 0.2) is 5.58 Å². The lowest BCUT2D eigenvalue weighted by molar-refractivity contribution is -0.128. The Hall–Kier alpha value is -2.37. The molecule has 2 aromatic rings. The van der Waals surface area contributed by atoms with E-state index in [4.69, 9.17) is 4.52 Å². The summed E-state index contributed by atoms with van der Waals surface area (Å²) in [5.74, 6) is -0.318. The van der Waals surface area contributed by atoms with Crippen LogP contribution < -0.4 is 10.6 Å². The van der Waals surface area contributed by atoms with Crippen LogP contribution in [0.15, 0.2) is 28.8 Å². The molecule has 6 nitrogen and oxygen atoms in total. The Morgan fingerprint density at radius 2 is 2.24 bits per heavy atom. The first kappa shape index (κ1) is 13.6. The van der Waals surface area contributed by atoms with Crippen molar-refractivity contribution in [3.05, 3.63) is 30.0 Å². The molecule has 110 valence electrons. The highest BCUT2D eigenvalue weighted by Gasteiger charge is 2.23. The van der Waals surface area contributed by atoms with E-state index in [1.54, 1.807) is 0 Å². The molecular formula is C15H17N3O3. The summed E-state index contributed by atoms with van der Waals surface area (Å²) < 4.78 is 5.17. The predicted molar refractivity (Wildman–Crippen MR) is 76.5 cm³/mol. The first-order chi connectivity index (χ1) is 10.2. The number of rotatable bonds is 3. The van der Waals surface area contributed by atoms with Crippen molar-refractivity contribution in [2.24, 2.45) is 0 Å². The van der Waals surface area contributed by atoms with Gasteiger partial charge in [0.1, 0.15) is 11.7 Å². The van der Waals surface area contributed by atoms with Gasteiger partial charge in [0, 0.05) is 11.9 Å². The monoisotopic (exact) mass is 287 g/mol. The lowest BCUT2D eigenvalue weighted by Crippen LogP contribution is -2.46. The second-order valence-electron chi connectivity index (χ2n) is 5.21. The highest BCUT2D eigenvalue weighted by atomic mass is 16.5. The van der Waals surface area contributed by atoms with Gasteiger partial charge in [-0.05, 0) is 31.4 Å². The summed E-state index contributed by atoms with van der Waals surface area (Å²) >= 11 is 0. The summed E-state index contributed by atoms with van der Waals surface area (Å²) in [7, 11) is 0. The summed E-state index contributed by atoms with van der Waals surface area (Å²) in [6, 6.07) is 6.96. The van der Waals surface area contributed by atoms with Gasteiger partial charge < -0.3 is 15.2 Å². The molecule has 1 fully saturated rings. The molecule has 1 aromatic carbocycles. The standard InChI is InChI=1S/C15H17N3O3/c19-14(17-11-6-3-4-8-16-15(11)20)9-12-10-5-1-2-7-13(10)21-18-12/h1-2,5,7,11H,3-4,6,8-9H2,(H,16,20)(H,17,19)/t11-/m1/s1. The zero-order valence-electron chi connectivity index (χ0n) is 11.6. The molecule has 0 bridgehead atoms. The van der Waals surface area contributed by atoms with Gasteiger partial charge in [-0.3, -0.25) is 9.59 Å². The number of nitrogens with one attached hydrogen (secondary N) is 2. The minimum Gasteiger partial charge on any atom is -0.356 e. The van der Waals surface area contributed by atoms with Crippen LogP contribution in [0.5, 0.6) is 0 Å². The Morgan fingerprint density at radius 3 is 3.14 bits per heavy atom. The van der Waals surface area contributed by atoms with Crippen molar-refractivity contribution in [2.45, 2.75) is 31.7 Å². The SMILES string of the molecule is O=C(Cc1noc2ccccc12)N[C@@H]1CCCCNC1=O. The van der Waals surface area contributed by atoms with Gasteiger partial charge in [0.2, 0.25) is 11.8 Å². The minimum absolute atomic E-state index is 0.106. The van der Waals surface area contributed by atoms with Crippen molar-refractivity contribution in [3.8, 4) is 0 Å². The van der Waals surface area contributed by atoms with Crippen molar-refractivity contribution in [2.75, 3.05) is 6.54 Å². The zero-order chi connectivity index (χ0) is 14.7. The van der Waals surface area contributed by atoms with E-state index < -0.39 is 6.04 Å². The average Bonchev–Trinajstić information content (AvgIpc) is 2.77. The van der Waals surface area contributed by atoms with E-state index >= 15 is 0 Å². The van der Waals surface area contributed by atoms with E-state index in [0.717, 1.165) is 18.2 Å². The number of carbonyl (C=O) groups is 2. The Bertz CT molecular complexity index is 665. The number of para-hydroxylation sites is 1. The molecule has 2 N–H and O–H groups in total. The van der Waals surface area contributed by atoms with Crippen LogP contribution in [0, 0.1) is 0 Å². The van der Waals surface area contributed by atoms with E-state index in [1.807, 2.05) is 24.3 Å². The van der Waals surface area contributed by atoms with Crippen molar-refractivity contribution < 1.29 is 14.1 Å². The molecular weight excluding hydrogens is 270 g/mol. The summed E-state index contributed by atoms with van der Waals surface area (Å²) in [5, 5.41) is 10.3. The summed E-state index contributed by atoms with van der Waals surface area (Å²) in [5.41, 5.74) is 1.25. The molecule has 1 aliphatic heterocycles. The number of benzene rings is 1. The van der Waals surface area contributed by atoms with E-state index in [9.17, 15) is 9.59 Å². The molecule has 1 saturated heterocycles. The fourth-order valence-electron chi connectivity index (χ4n) is 2.54. The van der Waals surface area contributed by atoms with Crippen LogP contribution >= 0.6 is 0 Å². The third kappa shape index (κ3) is 3.04. The third-order valence-corrected chi connectivity index (χ3v) is 3.65. The molecule has 2 amide bonds. The lowest BCUT2D eigenvalue weighted by Gasteiger charge is -2.14. The van der Waals surface area contributed by atoms with Crippen molar-refractivity contribution in [1.29, 1.82) is 0 Å². The lowest BCUT2D eigenvalue weighted by atomic mass is 10.1. The highest BCUT2D eigenvalue weighted by Crippen LogP contribution is 2.18. The van der Waals surface area contributed by atoms with Gasteiger partial charge in [-0.2, -0.15) is 0 Å². The van der Waals surface area contributed by atoms with Gasteiger partial charge in [0.05, 0.1) is 6.42 Å². The Kier molecular flexibility index (Phi) is 3.85. The molecule has 2 heterocycles. The quantitative estimate of drug-likeness (QED) is 0.887. The van der Waals surface area contributed by atoms with Gasteiger partial charge in [0.25, 0.3) is 0 Å². The smallest absolute Gasteiger partial charge is 0.242 e. The molecule has 1 aliphatic rings. The number of hydrogen-bond donors (Lipinski definition) is 2. The predicted octanol–water partition coefficient (Wildman–Crippen LogP) is 1.16. The van der Waals surface area contributed by atoms with E-state index in [2.05, 4.69) is 15.8 Å². The molecule has 0 saturated carbocycles. The second kappa shape index (κ2) is 5.95. The second-order valence-corrected chi connectivity index (χ2v) is 5.21. The molecule has 0 spiro atoms. The van der Waals surface area contributed by atoms with Crippen LogP contribution in [0.2, 0.25) is 0 Å². The van der Waals surface area contributed by atoms with Gasteiger partial charge in [-0.1, -0.05) is 17.3 Å². The molecule has 1 atom stereocenters. The summed E-state index contributed by atoms with van der Waals surface area (Å²) in [6.07, 6.45) is 2.67. The van der Waals surface area contributed by atoms with Crippen LogP contribution in [0.1, 0.15) is 25.0 Å². The van der Waals surface area contributed by atoms with Gasteiger partial charge in [-0.15, -0.1) is 0 Å². The Balaban J connectivity index is 1.67.